The number of nitrogen functional groups attached to an aromatic ring is 1. The van der Waals surface area contributed by atoms with Gasteiger partial charge in [-0.2, -0.15) is 0 Å². The monoisotopic (exact) mass is 297 g/mol. The summed E-state index contributed by atoms with van der Waals surface area (Å²) in [5.41, 5.74) is 6.91. The number of rotatable bonds is 6. The molecule has 1 aromatic carbocycles. The molecular weight excluding hydrogens is 274 g/mol. The molecule has 20 heavy (non-hydrogen) atoms. The number of carbonyl (C=O) groups is 1. The highest BCUT2D eigenvalue weighted by molar-refractivity contribution is 6.31. The van der Waals surface area contributed by atoms with E-state index in [1.54, 1.807) is 18.2 Å². The van der Waals surface area contributed by atoms with Crippen molar-refractivity contribution in [2.75, 3.05) is 18.1 Å². The largest absolute Gasteiger partial charge is 0.397 e. The molecular formula is C15H24ClN3O. The standard InChI is InChI=1S/C15H24ClN3O/c1-5-6-10(2)19(4)11(3)15(20)18-14-9-12(16)7-8-13(14)17/h7-11H,5-6,17H2,1-4H3,(H,18,20). The second-order valence-electron chi connectivity index (χ2n) is 5.20. The maximum absolute atomic E-state index is 12.3. The van der Waals surface area contributed by atoms with Gasteiger partial charge >= 0.3 is 0 Å². The van der Waals surface area contributed by atoms with E-state index in [0.29, 0.717) is 22.4 Å². The van der Waals surface area contributed by atoms with Gasteiger partial charge in [0.25, 0.3) is 0 Å². The molecule has 3 N–H and O–H groups in total. The quantitative estimate of drug-likeness (QED) is 0.792. The average molecular weight is 298 g/mol. The Morgan fingerprint density at radius 2 is 2.10 bits per heavy atom. The van der Waals surface area contributed by atoms with Crippen LogP contribution in [0.5, 0.6) is 0 Å². The molecule has 0 aliphatic carbocycles. The summed E-state index contributed by atoms with van der Waals surface area (Å²) < 4.78 is 0. The van der Waals surface area contributed by atoms with E-state index in [9.17, 15) is 4.79 Å². The number of likely N-dealkylation sites (N-methyl/N-ethyl adjacent to an activating group) is 1. The topological polar surface area (TPSA) is 58.4 Å². The van der Waals surface area contributed by atoms with Crippen LogP contribution in [0, 0.1) is 0 Å². The van der Waals surface area contributed by atoms with E-state index >= 15 is 0 Å². The van der Waals surface area contributed by atoms with Crippen LogP contribution in [-0.4, -0.2) is 29.9 Å². The first kappa shape index (κ1) is 16.8. The number of hydrogen-bond acceptors (Lipinski definition) is 3. The molecule has 0 radical (unpaired) electrons. The maximum atomic E-state index is 12.3. The van der Waals surface area contributed by atoms with Gasteiger partial charge in [-0.05, 0) is 45.5 Å². The lowest BCUT2D eigenvalue weighted by Gasteiger charge is -2.29. The molecule has 0 saturated carbocycles. The smallest absolute Gasteiger partial charge is 0.241 e. The zero-order valence-corrected chi connectivity index (χ0v) is 13.4. The normalized spacial score (nSPS) is 14.1. The van der Waals surface area contributed by atoms with Gasteiger partial charge in [0.15, 0.2) is 0 Å². The average Bonchev–Trinajstić information content (AvgIpc) is 2.41. The summed E-state index contributed by atoms with van der Waals surface area (Å²) in [5, 5.41) is 3.39. The molecule has 4 nitrogen and oxygen atoms in total. The van der Waals surface area contributed by atoms with Gasteiger partial charge in [-0.3, -0.25) is 9.69 Å². The number of benzene rings is 1. The summed E-state index contributed by atoms with van der Waals surface area (Å²) >= 11 is 5.92. The van der Waals surface area contributed by atoms with Crippen molar-refractivity contribution in [3.05, 3.63) is 23.2 Å². The Labute approximate surface area is 126 Å². The first-order valence-corrected chi connectivity index (χ1v) is 7.32. The van der Waals surface area contributed by atoms with E-state index in [1.807, 2.05) is 14.0 Å². The zero-order chi connectivity index (χ0) is 15.3. The predicted octanol–water partition coefficient (Wildman–Crippen LogP) is 3.37. The van der Waals surface area contributed by atoms with Gasteiger partial charge < -0.3 is 11.1 Å². The molecule has 0 aromatic heterocycles. The molecule has 0 aliphatic heterocycles. The van der Waals surface area contributed by atoms with Gasteiger partial charge in [-0.1, -0.05) is 24.9 Å². The highest BCUT2D eigenvalue weighted by Gasteiger charge is 2.22. The van der Waals surface area contributed by atoms with Gasteiger partial charge in [-0.15, -0.1) is 0 Å². The second-order valence-corrected chi connectivity index (χ2v) is 5.64. The molecule has 2 unspecified atom stereocenters. The summed E-state index contributed by atoms with van der Waals surface area (Å²) in [5.74, 6) is -0.0792. The van der Waals surface area contributed by atoms with Crippen LogP contribution in [0.4, 0.5) is 11.4 Å². The third-order valence-corrected chi connectivity index (χ3v) is 3.90. The van der Waals surface area contributed by atoms with Crippen molar-refractivity contribution in [3.63, 3.8) is 0 Å². The van der Waals surface area contributed by atoms with Crippen molar-refractivity contribution in [1.29, 1.82) is 0 Å². The third-order valence-electron chi connectivity index (χ3n) is 3.67. The number of anilines is 2. The molecule has 0 heterocycles. The fraction of sp³-hybridized carbons (Fsp3) is 0.533. The van der Waals surface area contributed by atoms with Crippen LogP contribution >= 0.6 is 11.6 Å². The van der Waals surface area contributed by atoms with E-state index in [1.165, 1.54) is 0 Å². The molecule has 2 atom stereocenters. The Morgan fingerprint density at radius 1 is 1.45 bits per heavy atom. The van der Waals surface area contributed by atoms with E-state index in [2.05, 4.69) is 24.1 Å². The van der Waals surface area contributed by atoms with Crippen molar-refractivity contribution < 1.29 is 4.79 Å². The maximum Gasteiger partial charge on any atom is 0.241 e. The third kappa shape index (κ3) is 4.39. The molecule has 112 valence electrons. The first-order valence-electron chi connectivity index (χ1n) is 6.94. The Bertz CT molecular complexity index is 464. The number of nitrogens with zero attached hydrogens (tertiary/aromatic N) is 1. The highest BCUT2D eigenvalue weighted by Crippen LogP contribution is 2.23. The number of nitrogens with two attached hydrogens (primary N) is 1. The van der Waals surface area contributed by atoms with Gasteiger partial charge in [0.05, 0.1) is 17.4 Å². The van der Waals surface area contributed by atoms with Gasteiger partial charge in [-0.25, -0.2) is 0 Å². The fourth-order valence-corrected chi connectivity index (χ4v) is 2.23. The molecule has 0 aliphatic rings. The fourth-order valence-electron chi connectivity index (χ4n) is 2.06. The summed E-state index contributed by atoms with van der Waals surface area (Å²) in [6, 6.07) is 5.18. The summed E-state index contributed by atoms with van der Waals surface area (Å²) in [7, 11) is 1.96. The lowest BCUT2D eigenvalue weighted by atomic mass is 10.1. The van der Waals surface area contributed by atoms with Crippen LogP contribution in [0.15, 0.2) is 18.2 Å². The Kier molecular flexibility index (Phi) is 6.30. The molecule has 5 heteroatoms. The number of amides is 1. The van der Waals surface area contributed by atoms with Gasteiger partial charge in [0.2, 0.25) is 5.91 Å². The minimum absolute atomic E-state index is 0.0792. The Balaban J connectivity index is 2.72. The lowest BCUT2D eigenvalue weighted by Crippen LogP contribution is -2.44. The lowest BCUT2D eigenvalue weighted by molar-refractivity contribution is -0.121. The van der Waals surface area contributed by atoms with Crippen LogP contribution in [0.3, 0.4) is 0 Å². The molecule has 0 bridgehead atoms. The van der Waals surface area contributed by atoms with Crippen molar-refractivity contribution in [1.82, 2.24) is 4.90 Å². The van der Waals surface area contributed by atoms with Crippen LogP contribution < -0.4 is 11.1 Å². The van der Waals surface area contributed by atoms with Gasteiger partial charge in [0.1, 0.15) is 0 Å². The van der Waals surface area contributed by atoms with Gasteiger partial charge in [0, 0.05) is 11.1 Å². The molecule has 0 saturated heterocycles. The van der Waals surface area contributed by atoms with E-state index in [4.69, 9.17) is 17.3 Å². The summed E-state index contributed by atoms with van der Waals surface area (Å²) in [6.45, 7) is 6.16. The first-order chi connectivity index (χ1) is 9.36. The highest BCUT2D eigenvalue weighted by atomic mass is 35.5. The second kappa shape index (κ2) is 7.50. The molecule has 1 aromatic rings. The number of halogens is 1. The van der Waals surface area contributed by atoms with Crippen molar-refractivity contribution >= 4 is 28.9 Å². The number of hydrogen-bond donors (Lipinski definition) is 2. The van der Waals surface area contributed by atoms with E-state index in [0.717, 1.165) is 12.8 Å². The van der Waals surface area contributed by atoms with E-state index < -0.39 is 0 Å². The molecule has 1 amide bonds. The SMILES string of the molecule is CCCC(C)N(C)C(C)C(=O)Nc1cc(Cl)ccc1N. The van der Waals surface area contributed by atoms with Crippen LogP contribution in [0.2, 0.25) is 5.02 Å². The summed E-state index contributed by atoms with van der Waals surface area (Å²) in [6.07, 6.45) is 2.16. The molecule has 1 rings (SSSR count). The van der Waals surface area contributed by atoms with Crippen LogP contribution in [0.1, 0.15) is 33.6 Å². The zero-order valence-electron chi connectivity index (χ0n) is 12.6. The summed E-state index contributed by atoms with van der Waals surface area (Å²) in [4.78, 5) is 14.3. The molecule has 0 spiro atoms. The number of carbonyl (C=O) groups excluding carboxylic acids is 1. The van der Waals surface area contributed by atoms with Crippen LogP contribution in [-0.2, 0) is 4.79 Å². The van der Waals surface area contributed by atoms with Crippen molar-refractivity contribution in [3.8, 4) is 0 Å². The Morgan fingerprint density at radius 3 is 2.70 bits per heavy atom. The van der Waals surface area contributed by atoms with Crippen molar-refractivity contribution in [2.24, 2.45) is 0 Å². The Hall–Kier alpha value is -1.26. The minimum Gasteiger partial charge on any atom is -0.397 e. The van der Waals surface area contributed by atoms with Crippen LogP contribution in [0.25, 0.3) is 0 Å². The van der Waals surface area contributed by atoms with E-state index in [-0.39, 0.29) is 11.9 Å². The number of nitrogens with one attached hydrogen (secondary N) is 1. The predicted molar refractivity (Wildman–Crippen MR) is 86.1 cm³/mol. The van der Waals surface area contributed by atoms with Crippen molar-refractivity contribution in [2.45, 2.75) is 45.7 Å². The minimum atomic E-state index is -0.227. The molecule has 0 fully saturated rings.